The maximum absolute atomic E-state index is 9.18. The van der Waals surface area contributed by atoms with E-state index in [1.807, 2.05) is 5.38 Å². The minimum atomic E-state index is 0.119. The minimum Gasteiger partial charge on any atom is -0.392 e. The molecule has 2 aromatic rings. The van der Waals surface area contributed by atoms with Crippen LogP contribution < -0.4 is 0 Å². The molecule has 0 saturated carbocycles. The Labute approximate surface area is 94.0 Å². The fourth-order valence-corrected chi connectivity index (χ4v) is 2.48. The SMILES string of the molecule is CCc1ccc(-c2cscc2CO)cc1. The first-order chi connectivity index (χ1) is 7.35. The van der Waals surface area contributed by atoms with Crippen LogP contribution in [0, 0.1) is 0 Å². The van der Waals surface area contributed by atoms with E-state index in [1.54, 1.807) is 11.3 Å². The maximum atomic E-state index is 9.18. The summed E-state index contributed by atoms with van der Waals surface area (Å²) in [4.78, 5) is 0. The topological polar surface area (TPSA) is 20.2 Å². The normalized spacial score (nSPS) is 10.5. The first kappa shape index (κ1) is 10.4. The summed E-state index contributed by atoms with van der Waals surface area (Å²) in [7, 11) is 0. The van der Waals surface area contributed by atoms with Crippen LogP contribution in [0.2, 0.25) is 0 Å². The number of benzene rings is 1. The number of rotatable bonds is 3. The third kappa shape index (κ3) is 2.11. The Morgan fingerprint density at radius 1 is 1.13 bits per heavy atom. The van der Waals surface area contributed by atoms with Gasteiger partial charge < -0.3 is 5.11 Å². The molecule has 0 unspecified atom stereocenters. The smallest absolute Gasteiger partial charge is 0.0696 e. The lowest BCUT2D eigenvalue weighted by Crippen LogP contribution is -1.85. The molecule has 1 aromatic carbocycles. The van der Waals surface area contributed by atoms with Gasteiger partial charge in [-0.1, -0.05) is 31.2 Å². The number of aryl methyl sites for hydroxylation is 1. The Morgan fingerprint density at radius 3 is 2.47 bits per heavy atom. The lowest BCUT2D eigenvalue weighted by molar-refractivity contribution is 0.283. The van der Waals surface area contributed by atoms with Crippen molar-refractivity contribution in [1.82, 2.24) is 0 Å². The Bertz CT molecular complexity index is 428. The summed E-state index contributed by atoms with van der Waals surface area (Å²) < 4.78 is 0. The standard InChI is InChI=1S/C13H14OS/c1-2-10-3-5-11(6-4-10)13-9-15-8-12(13)7-14/h3-6,8-9,14H,2,7H2,1H3. The second kappa shape index (κ2) is 4.60. The maximum Gasteiger partial charge on any atom is 0.0696 e. The molecule has 0 atom stereocenters. The van der Waals surface area contributed by atoms with Crippen LogP contribution in [0.4, 0.5) is 0 Å². The lowest BCUT2D eigenvalue weighted by atomic mass is 10.0. The molecule has 78 valence electrons. The van der Waals surface area contributed by atoms with E-state index < -0.39 is 0 Å². The van der Waals surface area contributed by atoms with Crippen molar-refractivity contribution in [3.8, 4) is 11.1 Å². The molecule has 2 heteroatoms. The number of hydrogen-bond donors (Lipinski definition) is 1. The molecule has 0 fully saturated rings. The van der Waals surface area contributed by atoms with Gasteiger partial charge in [0.1, 0.15) is 0 Å². The number of thiophene rings is 1. The highest BCUT2D eigenvalue weighted by molar-refractivity contribution is 7.08. The van der Waals surface area contributed by atoms with Crippen molar-refractivity contribution in [2.24, 2.45) is 0 Å². The molecule has 1 aromatic heterocycles. The van der Waals surface area contributed by atoms with E-state index >= 15 is 0 Å². The molecule has 0 amide bonds. The molecule has 0 bridgehead atoms. The summed E-state index contributed by atoms with van der Waals surface area (Å²) >= 11 is 1.64. The first-order valence-electron chi connectivity index (χ1n) is 5.10. The third-order valence-electron chi connectivity index (χ3n) is 2.59. The van der Waals surface area contributed by atoms with Crippen LogP contribution in [0.5, 0.6) is 0 Å². The van der Waals surface area contributed by atoms with Crippen LogP contribution in [-0.4, -0.2) is 5.11 Å². The summed E-state index contributed by atoms with van der Waals surface area (Å²) in [5.74, 6) is 0. The first-order valence-corrected chi connectivity index (χ1v) is 6.04. The molecule has 15 heavy (non-hydrogen) atoms. The molecule has 0 saturated heterocycles. The van der Waals surface area contributed by atoms with E-state index in [9.17, 15) is 5.11 Å². The average Bonchev–Trinajstić information content (AvgIpc) is 2.77. The van der Waals surface area contributed by atoms with Gasteiger partial charge in [0.2, 0.25) is 0 Å². The quantitative estimate of drug-likeness (QED) is 0.836. The molecular formula is C13H14OS. The van der Waals surface area contributed by atoms with E-state index in [-0.39, 0.29) is 6.61 Å². The summed E-state index contributed by atoms with van der Waals surface area (Å²) in [6, 6.07) is 8.54. The van der Waals surface area contributed by atoms with Crippen molar-refractivity contribution in [1.29, 1.82) is 0 Å². The Balaban J connectivity index is 2.37. The highest BCUT2D eigenvalue weighted by atomic mass is 32.1. The van der Waals surface area contributed by atoms with E-state index in [4.69, 9.17) is 0 Å². The van der Waals surface area contributed by atoms with Gasteiger partial charge >= 0.3 is 0 Å². The van der Waals surface area contributed by atoms with Gasteiger partial charge in [-0.15, -0.1) is 0 Å². The van der Waals surface area contributed by atoms with Gasteiger partial charge in [-0.05, 0) is 39.4 Å². The van der Waals surface area contributed by atoms with Crippen LogP contribution in [0.15, 0.2) is 35.0 Å². The molecule has 1 nitrogen and oxygen atoms in total. The Hall–Kier alpha value is -1.12. The summed E-state index contributed by atoms with van der Waals surface area (Å²) in [6.07, 6.45) is 1.07. The van der Waals surface area contributed by atoms with Crippen molar-refractivity contribution in [2.75, 3.05) is 0 Å². The molecule has 2 rings (SSSR count). The Morgan fingerprint density at radius 2 is 1.87 bits per heavy atom. The van der Waals surface area contributed by atoms with Crippen molar-refractivity contribution in [3.63, 3.8) is 0 Å². The molecule has 1 N–H and O–H groups in total. The van der Waals surface area contributed by atoms with Crippen molar-refractivity contribution < 1.29 is 5.11 Å². The van der Waals surface area contributed by atoms with Gasteiger partial charge in [-0.2, -0.15) is 11.3 Å². The second-order valence-corrected chi connectivity index (χ2v) is 4.26. The van der Waals surface area contributed by atoms with Crippen LogP contribution in [0.3, 0.4) is 0 Å². The largest absolute Gasteiger partial charge is 0.392 e. The molecule has 0 aliphatic heterocycles. The minimum absolute atomic E-state index is 0.119. The van der Waals surface area contributed by atoms with Crippen molar-refractivity contribution >= 4 is 11.3 Å². The predicted octanol–water partition coefficient (Wildman–Crippen LogP) is 3.47. The van der Waals surface area contributed by atoms with E-state index in [1.165, 1.54) is 11.1 Å². The Kier molecular flexibility index (Phi) is 3.19. The molecule has 1 heterocycles. The summed E-state index contributed by atoms with van der Waals surface area (Å²) in [5, 5.41) is 13.3. The molecule has 0 spiro atoms. The van der Waals surface area contributed by atoms with E-state index in [0.29, 0.717) is 0 Å². The van der Waals surface area contributed by atoms with Gasteiger partial charge in [0, 0.05) is 0 Å². The highest BCUT2D eigenvalue weighted by Crippen LogP contribution is 2.27. The number of aliphatic hydroxyl groups excluding tert-OH is 1. The van der Waals surface area contributed by atoms with Gasteiger partial charge in [0.25, 0.3) is 0 Å². The van der Waals surface area contributed by atoms with Crippen LogP contribution in [-0.2, 0) is 13.0 Å². The zero-order valence-corrected chi connectivity index (χ0v) is 9.55. The predicted molar refractivity (Wildman–Crippen MR) is 65.1 cm³/mol. The fourth-order valence-electron chi connectivity index (χ4n) is 1.62. The van der Waals surface area contributed by atoms with Crippen molar-refractivity contribution in [3.05, 3.63) is 46.2 Å². The van der Waals surface area contributed by atoms with Crippen LogP contribution >= 0.6 is 11.3 Å². The molecule has 0 radical (unpaired) electrons. The number of aliphatic hydroxyl groups is 1. The van der Waals surface area contributed by atoms with Crippen LogP contribution in [0.25, 0.3) is 11.1 Å². The lowest BCUT2D eigenvalue weighted by Gasteiger charge is -2.03. The van der Waals surface area contributed by atoms with Crippen LogP contribution in [0.1, 0.15) is 18.1 Å². The van der Waals surface area contributed by atoms with Gasteiger partial charge in [0.05, 0.1) is 6.61 Å². The van der Waals surface area contributed by atoms with Gasteiger partial charge in [-0.3, -0.25) is 0 Å². The highest BCUT2D eigenvalue weighted by Gasteiger charge is 2.04. The number of hydrogen-bond acceptors (Lipinski definition) is 2. The molecule has 0 aliphatic rings. The van der Waals surface area contributed by atoms with E-state index in [0.717, 1.165) is 17.5 Å². The summed E-state index contributed by atoms with van der Waals surface area (Å²) in [6.45, 7) is 2.27. The molecular weight excluding hydrogens is 204 g/mol. The monoisotopic (exact) mass is 218 g/mol. The fraction of sp³-hybridized carbons (Fsp3) is 0.231. The third-order valence-corrected chi connectivity index (χ3v) is 3.38. The average molecular weight is 218 g/mol. The zero-order valence-electron chi connectivity index (χ0n) is 8.73. The van der Waals surface area contributed by atoms with Gasteiger partial charge in [0.15, 0.2) is 0 Å². The van der Waals surface area contributed by atoms with Gasteiger partial charge in [-0.25, -0.2) is 0 Å². The summed E-state index contributed by atoms with van der Waals surface area (Å²) in [5.41, 5.74) is 4.71. The van der Waals surface area contributed by atoms with E-state index in [2.05, 4.69) is 36.6 Å². The zero-order chi connectivity index (χ0) is 10.7. The second-order valence-electron chi connectivity index (χ2n) is 3.52. The molecule has 0 aliphatic carbocycles. The van der Waals surface area contributed by atoms with Crippen molar-refractivity contribution in [2.45, 2.75) is 20.0 Å².